The van der Waals surface area contributed by atoms with Crippen LogP contribution in [0, 0.1) is 0 Å². The Kier molecular flexibility index (Phi) is 3.57. The van der Waals surface area contributed by atoms with Gasteiger partial charge in [0.25, 0.3) is 0 Å². The van der Waals surface area contributed by atoms with E-state index in [1.165, 1.54) is 6.26 Å². The molecule has 7 heteroatoms. The van der Waals surface area contributed by atoms with Gasteiger partial charge in [-0.25, -0.2) is 8.42 Å². The molecule has 0 unspecified atom stereocenters. The van der Waals surface area contributed by atoms with Crippen LogP contribution in [0.15, 0.2) is 29.2 Å². The fourth-order valence-electron chi connectivity index (χ4n) is 2.72. The number of hydrogen-bond donors (Lipinski definition) is 0. The van der Waals surface area contributed by atoms with Crippen molar-refractivity contribution in [2.24, 2.45) is 0 Å². The van der Waals surface area contributed by atoms with Crippen molar-refractivity contribution in [3.8, 4) is 11.4 Å². The normalized spacial score (nSPS) is 17.8. The summed E-state index contributed by atoms with van der Waals surface area (Å²) in [5.41, 5.74) is 0.461. The van der Waals surface area contributed by atoms with Crippen LogP contribution in [0.1, 0.15) is 19.7 Å². The van der Waals surface area contributed by atoms with Gasteiger partial charge >= 0.3 is 0 Å². The molecule has 1 aromatic heterocycles. The maximum absolute atomic E-state index is 11.8. The van der Waals surface area contributed by atoms with Gasteiger partial charge in [0.2, 0.25) is 0 Å². The standard InChI is InChI=1S/C15H19N3O3S/c1-15(2)10-21-8-7-13-16-17-14(18(13)15)11-5-4-6-12(9-11)22(3,19)20/h4-6,9H,7-8,10H2,1-3H3. The first kappa shape index (κ1) is 15.2. The highest BCUT2D eigenvalue weighted by molar-refractivity contribution is 7.90. The fourth-order valence-corrected chi connectivity index (χ4v) is 3.38. The lowest BCUT2D eigenvalue weighted by Crippen LogP contribution is -2.32. The van der Waals surface area contributed by atoms with Crippen molar-refractivity contribution in [3.63, 3.8) is 0 Å². The Balaban J connectivity index is 2.17. The van der Waals surface area contributed by atoms with Crippen molar-refractivity contribution in [1.29, 1.82) is 0 Å². The lowest BCUT2D eigenvalue weighted by atomic mass is 10.1. The zero-order valence-electron chi connectivity index (χ0n) is 12.9. The van der Waals surface area contributed by atoms with Crippen LogP contribution in [0.25, 0.3) is 11.4 Å². The van der Waals surface area contributed by atoms with E-state index in [-0.39, 0.29) is 10.4 Å². The second-order valence-electron chi connectivity index (χ2n) is 6.19. The van der Waals surface area contributed by atoms with E-state index in [0.717, 1.165) is 11.4 Å². The van der Waals surface area contributed by atoms with Crippen LogP contribution < -0.4 is 0 Å². The van der Waals surface area contributed by atoms with E-state index in [1.807, 2.05) is 6.07 Å². The third kappa shape index (κ3) is 2.66. The monoisotopic (exact) mass is 321 g/mol. The smallest absolute Gasteiger partial charge is 0.175 e. The molecule has 2 aromatic rings. The first-order chi connectivity index (χ1) is 10.3. The lowest BCUT2D eigenvalue weighted by Gasteiger charge is -2.27. The molecule has 118 valence electrons. The quantitative estimate of drug-likeness (QED) is 0.841. The highest BCUT2D eigenvalue weighted by Gasteiger charge is 2.30. The van der Waals surface area contributed by atoms with E-state index in [9.17, 15) is 8.42 Å². The Morgan fingerprint density at radius 2 is 2.05 bits per heavy atom. The summed E-state index contributed by atoms with van der Waals surface area (Å²) in [6.07, 6.45) is 1.90. The van der Waals surface area contributed by atoms with Crippen LogP contribution in [0.2, 0.25) is 0 Å². The SMILES string of the molecule is CC1(C)COCCc2nnc(-c3cccc(S(C)(=O)=O)c3)n21. The van der Waals surface area contributed by atoms with Crippen molar-refractivity contribution in [2.75, 3.05) is 19.5 Å². The Bertz CT molecular complexity index is 809. The van der Waals surface area contributed by atoms with Crippen molar-refractivity contribution in [2.45, 2.75) is 30.7 Å². The van der Waals surface area contributed by atoms with Crippen LogP contribution in [0.3, 0.4) is 0 Å². The molecule has 0 aliphatic carbocycles. The summed E-state index contributed by atoms with van der Waals surface area (Å²) in [5, 5.41) is 8.56. The molecule has 0 spiro atoms. The van der Waals surface area contributed by atoms with Gasteiger partial charge in [-0.05, 0) is 26.0 Å². The molecule has 22 heavy (non-hydrogen) atoms. The van der Waals surface area contributed by atoms with Crippen molar-refractivity contribution < 1.29 is 13.2 Å². The fraction of sp³-hybridized carbons (Fsp3) is 0.467. The van der Waals surface area contributed by atoms with Crippen LogP contribution in [-0.2, 0) is 26.5 Å². The molecule has 0 radical (unpaired) electrons. The van der Waals surface area contributed by atoms with Crippen molar-refractivity contribution in [1.82, 2.24) is 14.8 Å². The minimum Gasteiger partial charge on any atom is -0.379 e. The highest BCUT2D eigenvalue weighted by atomic mass is 32.2. The topological polar surface area (TPSA) is 74.1 Å². The number of benzene rings is 1. The van der Waals surface area contributed by atoms with E-state index in [4.69, 9.17) is 4.74 Å². The largest absolute Gasteiger partial charge is 0.379 e. The van der Waals surface area contributed by atoms with Crippen LogP contribution >= 0.6 is 0 Å². The van der Waals surface area contributed by atoms with Gasteiger partial charge in [-0.2, -0.15) is 0 Å². The average Bonchev–Trinajstić information content (AvgIpc) is 2.81. The minimum atomic E-state index is -3.26. The van der Waals surface area contributed by atoms with Crippen molar-refractivity contribution in [3.05, 3.63) is 30.1 Å². The van der Waals surface area contributed by atoms with Gasteiger partial charge in [0, 0.05) is 18.2 Å². The summed E-state index contributed by atoms with van der Waals surface area (Å²) < 4.78 is 31.2. The molecule has 0 amide bonds. The molecule has 0 fully saturated rings. The maximum Gasteiger partial charge on any atom is 0.175 e. The molecule has 0 N–H and O–H groups in total. The summed E-state index contributed by atoms with van der Waals surface area (Å²) in [5.74, 6) is 1.54. The van der Waals surface area contributed by atoms with Gasteiger partial charge in [0.1, 0.15) is 5.82 Å². The number of aromatic nitrogens is 3. The first-order valence-electron chi connectivity index (χ1n) is 7.12. The summed E-state index contributed by atoms with van der Waals surface area (Å²) in [6.45, 7) is 5.31. The second kappa shape index (κ2) is 5.17. The number of fused-ring (bicyclic) bond motifs is 1. The van der Waals surface area contributed by atoms with Gasteiger partial charge in [-0.3, -0.25) is 0 Å². The number of nitrogens with zero attached hydrogens (tertiary/aromatic N) is 3. The van der Waals surface area contributed by atoms with E-state index in [0.29, 0.717) is 25.5 Å². The number of rotatable bonds is 2. The lowest BCUT2D eigenvalue weighted by molar-refractivity contribution is 0.0843. The third-order valence-electron chi connectivity index (χ3n) is 3.78. The molecule has 2 heterocycles. The van der Waals surface area contributed by atoms with E-state index >= 15 is 0 Å². The van der Waals surface area contributed by atoms with E-state index in [2.05, 4.69) is 28.6 Å². The zero-order chi connectivity index (χ0) is 16.0. The van der Waals surface area contributed by atoms with Gasteiger partial charge in [-0.1, -0.05) is 12.1 Å². The molecule has 0 saturated carbocycles. The highest BCUT2D eigenvalue weighted by Crippen LogP contribution is 2.29. The van der Waals surface area contributed by atoms with Gasteiger partial charge in [-0.15, -0.1) is 10.2 Å². The summed E-state index contributed by atoms with van der Waals surface area (Å²) in [4.78, 5) is 0.282. The summed E-state index contributed by atoms with van der Waals surface area (Å²) in [6, 6.07) is 6.82. The van der Waals surface area contributed by atoms with Gasteiger partial charge in [0.15, 0.2) is 15.7 Å². The average molecular weight is 321 g/mol. The zero-order valence-corrected chi connectivity index (χ0v) is 13.7. The van der Waals surface area contributed by atoms with Crippen LogP contribution in [0.4, 0.5) is 0 Å². The van der Waals surface area contributed by atoms with Crippen LogP contribution in [-0.4, -0.2) is 42.7 Å². The maximum atomic E-state index is 11.8. The third-order valence-corrected chi connectivity index (χ3v) is 4.89. The molecule has 0 atom stereocenters. The van der Waals surface area contributed by atoms with Gasteiger partial charge in [0.05, 0.1) is 23.6 Å². The van der Waals surface area contributed by atoms with E-state index < -0.39 is 9.84 Å². The van der Waals surface area contributed by atoms with Crippen molar-refractivity contribution >= 4 is 9.84 Å². The first-order valence-corrected chi connectivity index (χ1v) is 9.01. The predicted octanol–water partition coefficient (Wildman–Crippen LogP) is 1.66. The summed E-state index contributed by atoms with van der Waals surface area (Å²) >= 11 is 0. The molecule has 6 nitrogen and oxygen atoms in total. The molecule has 0 saturated heterocycles. The molecule has 3 rings (SSSR count). The molecular formula is C15H19N3O3S. The van der Waals surface area contributed by atoms with E-state index in [1.54, 1.807) is 18.2 Å². The van der Waals surface area contributed by atoms with Gasteiger partial charge < -0.3 is 9.30 Å². The molecule has 1 aliphatic rings. The molecule has 1 aromatic carbocycles. The molecule has 0 bridgehead atoms. The molecular weight excluding hydrogens is 302 g/mol. The molecule has 1 aliphatic heterocycles. The number of sulfone groups is 1. The Morgan fingerprint density at radius 3 is 2.77 bits per heavy atom. The summed E-state index contributed by atoms with van der Waals surface area (Å²) in [7, 11) is -3.26. The Labute approximate surface area is 130 Å². The van der Waals surface area contributed by atoms with Crippen LogP contribution in [0.5, 0.6) is 0 Å². The Hall–Kier alpha value is -1.73. The Morgan fingerprint density at radius 1 is 1.27 bits per heavy atom. The predicted molar refractivity (Wildman–Crippen MR) is 82.4 cm³/mol. The minimum absolute atomic E-state index is 0.282. The second-order valence-corrected chi connectivity index (χ2v) is 8.21. The number of hydrogen-bond acceptors (Lipinski definition) is 5. The number of ether oxygens (including phenoxy) is 1.